The second-order valence-corrected chi connectivity index (χ2v) is 4.51. The highest BCUT2D eigenvalue weighted by Crippen LogP contribution is 2.27. The maximum atomic E-state index is 11.7. The number of carbonyl (C=O) groups is 1. The van der Waals surface area contributed by atoms with Crippen LogP contribution in [0.1, 0.15) is 19.8 Å². The van der Waals surface area contributed by atoms with E-state index in [1.807, 2.05) is 11.8 Å². The van der Waals surface area contributed by atoms with Gasteiger partial charge in [0.05, 0.1) is 5.75 Å². The fourth-order valence-corrected chi connectivity index (χ4v) is 1.98. The summed E-state index contributed by atoms with van der Waals surface area (Å²) in [5.74, 6) is 0.116. The lowest BCUT2D eigenvalue weighted by Gasteiger charge is -2.19. The SMILES string of the molecule is CCN(C(=O)CSC(=N)N=C(N)N)C1CC1. The van der Waals surface area contributed by atoms with E-state index in [0.717, 1.165) is 31.1 Å². The van der Waals surface area contributed by atoms with Gasteiger partial charge in [-0.05, 0) is 19.8 Å². The number of rotatable bonds is 4. The van der Waals surface area contributed by atoms with Crippen LogP contribution in [0.5, 0.6) is 0 Å². The van der Waals surface area contributed by atoms with Crippen LogP contribution in [-0.4, -0.2) is 40.3 Å². The maximum Gasteiger partial charge on any atom is 0.233 e. The standard InChI is InChI=1S/C9H17N5OS/c1-2-14(6-3-4-6)7(15)5-16-9(12)13-8(10)11/h6H,2-5H2,1H3,(H5,10,11,12,13). The predicted octanol–water partition coefficient (Wildman–Crippen LogP) is -0.0613. The minimum Gasteiger partial charge on any atom is -0.370 e. The van der Waals surface area contributed by atoms with Gasteiger partial charge in [0.25, 0.3) is 0 Å². The number of amides is 1. The van der Waals surface area contributed by atoms with Crippen LogP contribution in [0, 0.1) is 5.41 Å². The second-order valence-electron chi connectivity index (χ2n) is 3.54. The quantitative estimate of drug-likeness (QED) is 0.474. The van der Waals surface area contributed by atoms with Crippen molar-refractivity contribution in [3.63, 3.8) is 0 Å². The van der Waals surface area contributed by atoms with Crippen molar-refractivity contribution in [2.45, 2.75) is 25.8 Å². The summed E-state index contributed by atoms with van der Waals surface area (Å²) in [5.41, 5.74) is 10.2. The number of aliphatic imine (C=N–C) groups is 1. The highest BCUT2D eigenvalue weighted by Gasteiger charge is 2.31. The van der Waals surface area contributed by atoms with Crippen LogP contribution in [0.25, 0.3) is 0 Å². The van der Waals surface area contributed by atoms with Crippen LogP contribution in [0.3, 0.4) is 0 Å². The van der Waals surface area contributed by atoms with E-state index in [4.69, 9.17) is 16.9 Å². The largest absolute Gasteiger partial charge is 0.370 e. The molecular formula is C9H17N5OS. The van der Waals surface area contributed by atoms with Gasteiger partial charge >= 0.3 is 0 Å². The molecule has 0 aromatic rings. The van der Waals surface area contributed by atoms with E-state index >= 15 is 0 Å². The third kappa shape index (κ3) is 4.09. The molecule has 7 heteroatoms. The van der Waals surface area contributed by atoms with Gasteiger partial charge in [-0.25, -0.2) is 0 Å². The molecule has 90 valence electrons. The highest BCUT2D eigenvalue weighted by atomic mass is 32.2. The smallest absolute Gasteiger partial charge is 0.233 e. The lowest BCUT2D eigenvalue weighted by Crippen LogP contribution is -2.34. The minimum atomic E-state index is -0.153. The topological polar surface area (TPSA) is 109 Å². The number of hydrogen-bond acceptors (Lipinski definition) is 3. The van der Waals surface area contributed by atoms with Crippen LogP contribution >= 0.6 is 11.8 Å². The molecule has 0 heterocycles. The summed E-state index contributed by atoms with van der Waals surface area (Å²) in [6, 6.07) is 0.412. The number of carbonyl (C=O) groups excluding carboxylic acids is 1. The van der Waals surface area contributed by atoms with Gasteiger partial charge in [-0.3, -0.25) is 10.2 Å². The van der Waals surface area contributed by atoms with E-state index in [1.165, 1.54) is 0 Å². The molecule has 1 aliphatic rings. The van der Waals surface area contributed by atoms with Crippen LogP contribution in [0.4, 0.5) is 0 Å². The van der Waals surface area contributed by atoms with Crippen molar-refractivity contribution in [1.29, 1.82) is 5.41 Å². The number of amidine groups is 1. The van der Waals surface area contributed by atoms with E-state index in [-0.39, 0.29) is 22.8 Å². The molecule has 0 radical (unpaired) electrons. The van der Waals surface area contributed by atoms with E-state index in [2.05, 4.69) is 4.99 Å². The number of nitrogens with zero attached hydrogens (tertiary/aromatic N) is 2. The number of nitrogens with two attached hydrogens (primary N) is 2. The summed E-state index contributed by atoms with van der Waals surface area (Å²) in [6.45, 7) is 2.68. The summed E-state index contributed by atoms with van der Waals surface area (Å²) in [4.78, 5) is 17.1. The zero-order chi connectivity index (χ0) is 12.1. The zero-order valence-electron chi connectivity index (χ0n) is 9.27. The first-order chi connectivity index (χ1) is 7.54. The van der Waals surface area contributed by atoms with Gasteiger partial charge in [0.2, 0.25) is 5.91 Å². The minimum absolute atomic E-state index is 0.0276. The molecule has 16 heavy (non-hydrogen) atoms. The number of thioether (sulfide) groups is 1. The van der Waals surface area contributed by atoms with E-state index in [0.29, 0.717) is 6.04 Å². The molecule has 6 nitrogen and oxygen atoms in total. The molecule has 5 N–H and O–H groups in total. The monoisotopic (exact) mass is 243 g/mol. The van der Waals surface area contributed by atoms with Gasteiger partial charge in [0.1, 0.15) is 0 Å². The number of nitrogens with one attached hydrogen (secondary N) is 1. The molecular weight excluding hydrogens is 226 g/mol. The highest BCUT2D eigenvalue weighted by molar-refractivity contribution is 8.14. The Hall–Kier alpha value is -1.24. The summed E-state index contributed by atoms with van der Waals surface area (Å²) in [6.07, 6.45) is 2.19. The molecule has 1 fully saturated rings. The van der Waals surface area contributed by atoms with Gasteiger partial charge in [0.15, 0.2) is 11.1 Å². The number of guanidine groups is 1. The molecule has 1 rings (SSSR count). The van der Waals surface area contributed by atoms with Crippen molar-refractivity contribution >= 4 is 28.8 Å². The normalized spacial score (nSPS) is 14.3. The van der Waals surface area contributed by atoms with Crippen molar-refractivity contribution in [2.75, 3.05) is 12.3 Å². The molecule has 0 saturated heterocycles. The first kappa shape index (κ1) is 12.8. The Bertz CT molecular complexity index is 309. The van der Waals surface area contributed by atoms with Crippen LogP contribution in [0.15, 0.2) is 4.99 Å². The van der Waals surface area contributed by atoms with Crippen LogP contribution in [0.2, 0.25) is 0 Å². The molecule has 0 unspecified atom stereocenters. The molecule has 0 aliphatic heterocycles. The van der Waals surface area contributed by atoms with Crippen LogP contribution in [-0.2, 0) is 4.79 Å². The number of hydrogen-bond donors (Lipinski definition) is 3. The van der Waals surface area contributed by atoms with E-state index in [9.17, 15) is 4.79 Å². The molecule has 0 aromatic heterocycles. The zero-order valence-corrected chi connectivity index (χ0v) is 10.1. The Morgan fingerprint density at radius 2 is 2.19 bits per heavy atom. The summed E-state index contributed by atoms with van der Waals surface area (Å²) in [7, 11) is 0. The maximum absolute atomic E-state index is 11.7. The Morgan fingerprint density at radius 3 is 2.62 bits per heavy atom. The lowest BCUT2D eigenvalue weighted by atomic mass is 10.4. The fourth-order valence-electron chi connectivity index (χ4n) is 1.39. The van der Waals surface area contributed by atoms with Crippen LogP contribution < -0.4 is 11.5 Å². The van der Waals surface area contributed by atoms with Crippen molar-refractivity contribution in [3.05, 3.63) is 0 Å². The average molecular weight is 243 g/mol. The third-order valence-electron chi connectivity index (χ3n) is 2.21. The summed E-state index contributed by atoms with van der Waals surface area (Å²) in [5, 5.41) is 7.35. The van der Waals surface area contributed by atoms with E-state index < -0.39 is 0 Å². The predicted molar refractivity (Wildman–Crippen MR) is 66.4 cm³/mol. The van der Waals surface area contributed by atoms with Gasteiger partial charge in [-0.15, -0.1) is 0 Å². The Balaban J connectivity index is 2.33. The van der Waals surface area contributed by atoms with Gasteiger partial charge < -0.3 is 16.4 Å². The molecule has 0 aromatic carbocycles. The Kier molecular flexibility index (Phi) is 4.60. The molecule has 0 spiro atoms. The second kappa shape index (κ2) is 5.74. The Morgan fingerprint density at radius 1 is 1.56 bits per heavy atom. The van der Waals surface area contributed by atoms with Crippen molar-refractivity contribution in [1.82, 2.24) is 4.90 Å². The average Bonchev–Trinajstić information content (AvgIpc) is 2.99. The van der Waals surface area contributed by atoms with Crippen molar-refractivity contribution in [2.24, 2.45) is 16.5 Å². The van der Waals surface area contributed by atoms with Crippen molar-refractivity contribution < 1.29 is 4.79 Å². The first-order valence-electron chi connectivity index (χ1n) is 5.15. The van der Waals surface area contributed by atoms with Crippen molar-refractivity contribution in [3.8, 4) is 0 Å². The van der Waals surface area contributed by atoms with Gasteiger partial charge in [0, 0.05) is 12.6 Å². The lowest BCUT2D eigenvalue weighted by molar-refractivity contribution is -0.128. The van der Waals surface area contributed by atoms with Gasteiger partial charge in [-0.1, -0.05) is 11.8 Å². The summed E-state index contributed by atoms with van der Waals surface area (Å²) < 4.78 is 0. The molecule has 1 aliphatic carbocycles. The summed E-state index contributed by atoms with van der Waals surface area (Å²) >= 11 is 1.05. The first-order valence-corrected chi connectivity index (χ1v) is 6.13. The molecule has 1 amide bonds. The van der Waals surface area contributed by atoms with Gasteiger partial charge in [-0.2, -0.15) is 4.99 Å². The molecule has 0 atom stereocenters. The molecule has 0 bridgehead atoms. The molecule has 1 saturated carbocycles. The Labute approximate surface area is 99.0 Å². The van der Waals surface area contributed by atoms with E-state index in [1.54, 1.807) is 0 Å². The third-order valence-corrected chi connectivity index (χ3v) is 2.97. The fraction of sp³-hybridized carbons (Fsp3) is 0.667.